The molecule has 0 radical (unpaired) electrons. The Morgan fingerprint density at radius 2 is 1.77 bits per heavy atom. The molecule has 3 aliphatic heterocycles. The lowest BCUT2D eigenvalue weighted by Crippen LogP contribution is -2.68. The molecule has 5 rings (SSSR count). The van der Waals surface area contributed by atoms with Gasteiger partial charge in [-0.05, 0) is 29.8 Å². The van der Waals surface area contributed by atoms with Crippen LogP contribution in [0.4, 0.5) is 5.69 Å². The van der Waals surface area contributed by atoms with E-state index >= 15 is 0 Å². The highest BCUT2D eigenvalue weighted by molar-refractivity contribution is 6.35. The van der Waals surface area contributed by atoms with Crippen molar-refractivity contribution in [1.82, 2.24) is 20.7 Å². The number of para-hydroxylation sites is 1. The number of nitrogens with zero attached hydrogens (tertiary/aromatic N) is 3. The number of nitrogens with one attached hydrogen (secondary N) is 2. The van der Waals surface area contributed by atoms with Gasteiger partial charge in [0.25, 0.3) is 0 Å². The smallest absolute Gasteiger partial charge is 0.326 e. The Labute approximate surface area is 178 Å². The second-order valence-electron chi connectivity index (χ2n) is 7.39. The van der Waals surface area contributed by atoms with Gasteiger partial charge in [0.2, 0.25) is 12.7 Å². The molecule has 0 spiro atoms. The fraction of sp³-hybridized carbons (Fsp3) is 0.286. The molecule has 3 amide bonds. The molecule has 0 bridgehead atoms. The van der Waals surface area contributed by atoms with E-state index in [4.69, 9.17) is 9.47 Å². The minimum Gasteiger partial charge on any atom is -0.454 e. The third-order valence-electron chi connectivity index (χ3n) is 5.45. The lowest BCUT2D eigenvalue weighted by Gasteiger charge is -2.40. The summed E-state index contributed by atoms with van der Waals surface area (Å²) in [4.78, 5) is 41.0. The molecule has 2 aromatic rings. The van der Waals surface area contributed by atoms with Gasteiger partial charge in [-0.3, -0.25) is 24.3 Å². The Morgan fingerprint density at radius 3 is 2.61 bits per heavy atom. The Hall–Kier alpha value is -3.79. The van der Waals surface area contributed by atoms with Crippen LogP contribution in [-0.4, -0.2) is 60.3 Å². The van der Waals surface area contributed by atoms with Gasteiger partial charge in [-0.1, -0.05) is 24.3 Å². The predicted octanol–water partition coefficient (Wildman–Crippen LogP) is 0.0107. The van der Waals surface area contributed by atoms with E-state index in [2.05, 4.69) is 10.7 Å². The summed E-state index contributed by atoms with van der Waals surface area (Å²) in [5.41, 5.74) is 4.79. The van der Waals surface area contributed by atoms with E-state index < -0.39 is 18.1 Å². The van der Waals surface area contributed by atoms with Crippen LogP contribution in [0.25, 0.3) is 0 Å². The topological polar surface area (TPSA) is 103 Å². The molecule has 1 atom stereocenters. The van der Waals surface area contributed by atoms with Gasteiger partial charge >= 0.3 is 11.8 Å². The van der Waals surface area contributed by atoms with Crippen molar-refractivity contribution in [2.24, 2.45) is 0 Å². The number of benzene rings is 2. The molecule has 2 N–H and O–H groups in total. The minimum atomic E-state index is -0.746. The van der Waals surface area contributed by atoms with Crippen molar-refractivity contribution in [2.75, 3.05) is 31.3 Å². The van der Waals surface area contributed by atoms with E-state index in [0.717, 1.165) is 16.3 Å². The Kier molecular flexibility index (Phi) is 4.83. The van der Waals surface area contributed by atoms with Crippen LogP contribution >= 0.6 is 0 Å². The Balaban J connectivity index is 1.23. The summed E-state index contributed by atoms with van der Waals surface area (Å²) in [5, 5.41) is 3.85. The lowest BCUT2D eigenvalue weighted by atomic mass is 10.2. The van der Waals surface area contributed by atoms with Crippen molar-refractivity contribution < 1.29 is 23.9 Å². The van der Waals surface area contributed by atoms with Gasteiger partial charge in [0.05, 0.1) is 0 Å². The van der Waals surface area contributed by atoms with Crippen LogP contribution in [0, 0.1) is 0 Å². The van der Waals surface area contributed by atoms with Crippen LogP contribution in [-0.2, 0) is 20.9 Å². The molecule has 2 fully saturated rings. The van der Waals surface area contributed by atoms with Gasteiger partial charge < -0.3 is 19.7 Å². The van der Waals surface area contributed by atoms with Crippen molar-refractivity contribution in [1.29, 1.82) is 0 Å². The first-order chi connectivity index (χ1) is 15.1. The normalized spacial score (nSPS) is 19.6. The van der Waals surface area contributed by atoms with Gasteiger partial charge in [0.15, 0.2) is 17.8 Å². The number of ether oxygens (including phenoxy) is 2. The van der Waals surface area contributed by atoms with Gasteiger partial charge in [-0.15, -0.1) is 0 Å². The van der Waals surface area contributed by atoms with Gasteiger partial charge in [-0.2, -0.15) is 5.43 Å². The summed E-state index contributed by atoms with van der Waals surface area (Å²) in [6.45, 7) is 1.19. The number of hydrazine groups is 1. The SMILES string of the molecule is O=C(CN1NC2N(CCN2c2ccccc2)C(=O)C1=O)NCc1ccc2c(c1)OCO2. The number of carbonyl (C=O) groups excluding carboxylic acids is 3. The first-order valence-electron chi connectivity index (χ1n) is 9.96. The van der Waals surface area contributed by atoms with E-state index in [9.17, 15) is 14.4 Å². The van der Waals surface area contributed by atoms with E-state index in [-0.39, 0.29) is 25.8 Å². The second kappa shape index (κ2) is 7.80. The van der Waals surface area contributed by atoms with Crippen molar-refractivity contribution >= 4 is 23.4 Å². The van der Waals surface area contributed by atoms with Gasteiger partial charge in [0, 0.05) is 25.3 Å². The molecule has 1 unspecified atom stereocenters. The summed E-state index contributed by atoms with van der Waals surface area (Å²) in [6.07, 6.45) is -0.519. The third kappa shape index (κ3) is 3.61. The first kappa shape index (κ1) is 19.2. The molecular weight excluding hydrogens is 402 g/mol. The van der Waals surface area contributed by atoms with Crippen LogP contribution < -0.4 is 25.1 Å². The van der Waals surface area contributed by atoms with Crippen molar-refractivity contribution in [3.63, 3.8) is 0 Å². The number of carbonyl (C=O) groups is 3. The average Bonchev–Trinajstić information content (AvgIpc) is 3.43. The molecule has 2 aromatic carbocycles. The molecule has 2 saturated heterocycles. The molecule has 3 aliphatic rings. The lowest BCUT2D eigenvalue weighted by molar-refractivity contribution is -0.163. The molecule has 0 aliphatic carbocycles. The van der Waals surface area contributed by atoms with Gasteiger partial charge in [0.1, 0.15) is 6.54 Å². The summed E-state index contributed by atoms with van der Waals surface area (Å²) >= 11 is 0. The van der Waals surface area contributed by atoms with Crippen LogP contribution in [0.1, 0.15) is 5.56 Å². The number of fused-ring (bicyclic) bond motifs is 2. The molecule has 31 heavy (non-hydrogen) atoms. The molecule has 3 heterocycles. The van der Waals surface area contributed by atoms with E-state index in [1.807, 2.05) is 41.3 Å². The number of anilines is 1. The maximum atomic E-state index is 12.6. The molecule has 0 saturated carbocycles. The first-order valence-corrected chi connectivity index (χ1v) is 9.96. The zero-order valence-corrected chi connectivity index (χ0v) is 16.6. The van der Waals surface area contributed by atoms with Crippen molar-refractivity contribution in [2.45, 2.75) is 12.8 Å². The molecule has 10 nitrogen and oxygen atoms in total. The average molecular weight is 423 g/mol. The highest BCUT2D eigenvalue weighted by atomic mass is 16.7. The van der Waals surface area contributed by atoms with Crippen LogP contribution in [0.3, 0.4) is 0 Å². The minimum absolute atomic E-state index is 0.181. The van der Waals surface area contributed by atoms with Crippen LogP contribution in [0.2, 0.25) is 0 Å². The number of hydrogen-bond acceptors (Lipinski definition) is 7. The van der Waals surface area contributed by atoms with Gasteiger partial charge in [-0.25, -0.2) is 0 Å². The molecular formula is C21H21N5O5. The van der Waals surface area contributed by atoms with E-state index in [0.29, 0.717) is 24.6 Å². The molecule has 10 heteroatoms. The number of amides is 3. The largest absolute Gasteiger partial charge is 0.454 e. The summed E-state index contributed by atoms with van der Waals surface area (Å²) in [6, 6.07) is 15.0. The Bertz CT molecular complexity index is 1030. The van der Waals surface area contributed by atoms with E-state index in [1.54, 1.807) is 12.1 Å². The molecule has 160 valence electrons. The summed E-state index contributed by atoms with van der Waals surface area (Å²) in [5.74, 6) is -0.451. The Morgan fingerprint density at radius 1 is 1.00 bits per heavy atom. The monoisotopic (exact) mass is 423 g/mol. The van der Waals surface area contributed by atoms with E-state index in [1.165, 1.54) is 4.90 Å². The van der Waals surface area contributed by atoms with Crippen molar-refractivity contribution in [3.05, 3.63) is 54.1 Å². The quantitative estimate of drug-likeness (QED) is 0.653. The maximum Gasteiger partial charge on any atom is 0.326 e. The zero-order chi connectivity index (χ0) is 21.4. The summed E-state index contributed by atoms with van der Waals surface area (Å²) in [7, 11) is 0. The highest BCUT2D eigenvalue weighted by Crippen LogP contribution is 2.32. The number of hydrogen-bond donors (Lipinski definition) is 2. The highest BCUT2D eigenvalue weighted by Gasteiger charge is 2.45. The van der Waals surface area contributed by atoms with Crippen LogP contribution in [0.5, 0.6) is 11.5 Å². The molecule has 0 aromatic heterocycles. The fourth-order valence-electron chi connectivity index (χ4n) is 3.87. The van der Waals surface area contributed by atoms with Crippen LogP contribution in [0.15, 0.2) is 48.5 Å². The maximum absolute atomic E-state index is 12.6. The fourth-order valence-corrected chi connectivity index (χ4v) is 3.87. The number of rotatable bonds is 5. The third-order valence-corrected chi connectivity index (χ3v) is 5.45. The second-order valence-corrected chi connectivity index (χ2v) is 7.39. The predicted molar refractivity (Wildman–Crippen MR) is 109 cm³/mol. The zero-order valence-electron chi connectivity index (χ0n) is 16.6. The summed E-state index contributed by atoms with van der Waals surface area (Å²) < 4.78 is 10.6. The standard InChI is InChI=1S/C21H21N5O5/c27-18(22-11-14-6-7-16-17(10-14)31-13-30-16)12-26-20(29)19(28)25-9-8-24(21(25)23-26)15-4-2-1-3-5-15/h1-7,10,21,23H,8-9,11-13H2,(H,22,27). The van der Waals surface area contributed by atoms with Crippen molar-refractivity contribution in [3.8, 4) is 11.5 Å².